The lowest BCUT2D eigenvalue weighted by Gasteiger charge is -2.32. The van der Waals surface area contributed by atoms with E-state index in [1.54, 1.807) is 29.2 Å². The molecular weight excluding hydrogens is 440 g/mol. The van der Waals surface area contributed by atoms with Gasteiger partial charge in [-0.25, -0.2) is 13.6 Å². The number of halogens is 2. The standard InChI is InChI=1S/C26H25F2N3O3/c27-22-10-5-11-23(28)24(22)34-21-12-14-31(15-13-21)26(33)30-20-9-4-8-19(16-20)25(32)29-17-18-6-2-1-3-7-18/h1-11,16,21H,12-15,17H2,(H,29,32)(H,30,33). The van der Waals surface area contributed by atoms with E-state index in [0.29, 0.717) is 43.7 Å². The van der Waals surface area contributed by atoms with Crippen LogP contribution in [0, 0.1) is 11.6 Å². The number of para-hydroxylation sites is 1. The van der Waals surface area contributed by atoms with E-state index in [1.165, 1.54) is 6.07 Å². The van der Waals surface area contributed by atoms with Crippen LogP contribution in [-0.2, 0) is 6.54 Å². The molecule has 0 saturated carbocycles. The van der Waals surface area contributed by atoms with E-state index >= 15 is 0 Å². The van der Waals surface area contributed by atoms with E-state index in [-0.39, 0.29) is 23.8 Å². The van der Waals surface area contributed by atoms with Gasteiger partial charge in [-0.15, -0.1) is 0 Å². The van der Waals surface area contributed by atoms with E-state index < -0.39 is 11.6 Å². The molecule has 2 N–H and O–H groups in total. The lowest BCUT2D eigenvalue weighted by atomic mass is 10.1. The van der Waals surface area contributed by atoms with Gasteiger partial charge in [-0.1, -0.05) is 42.5 Å². The van der Waals surface area contributed by atoms with Gasteiger partial charge in [-0.05, 0) is 35.9 Å². The van der Waals surface area contributed by atoms with Gasteiger partial charge in [-0.2, -0.15) is 0 Å². The minimum absolute atomic E-state index is 0.238. The third-order valence-corrected chi connectivity index (χ3v) is 5.60. The first-order chi connectivity index (χ1) is 16.5. The topological polar surface area (TPSA) is 70.7 Å². The van der Waals surface area contributed by atoms with Crippen molar-refractivity contribution in [2.75, 3.05) is 18.4 Å². The highest BCUT2D eigenvalue weighted by molar-refractivity contribution is 5.96. The van der Waals surface area contributed by atoms with Crippen molar-refractivity contribution in [3.63, 3.8) is 0 Å². The normalized spacial score (nSPS) is 13.9. The molecule has 0 spiro atoms. The number of likely N-dealkylation sites (tertiary alicyclic amines) is 1. The zero-order valence-electron chi connectivity index (χ0n) is 18.5. The summed E-state index contributed by atoms with van der Waals surface area (Å²) >= 11 is 0. The van der Waals surface area contributed by atoms with Crippen molar-refractivity contribution in [1.29, 1.82) is 0 Å². The van der Waals surface area contributed by atoms with Crippen LogP contribution in [0.4, 0.5) is 19.3 Å². The van der Waals surface area contributed by atoms with Gasteiger partial charge in [0, 0.05) is 43.7 Å². The van der Waals surface area contributed by atoms with Gasteiger partial charge in [0.05, 0.1) is 0 Å². The van der Waals surface area contributed by atoms with Crippen molar-refractivity contribution >= 4 is 17.6 Å². The van der Waals surface area contributed by atoms with Crippen LogP contribution in [0.5, 0.6) is 5.75 Å². The maximum absolute atomic E-state index is 13.8. The van der Waals surface area contributed by atoms with Gasteiger partial charge in [0.15, 0.2) is 17.4 Å². The molecule has 3 aromatic carbocycles. The Labute approximate surface area is 196 Å². The number of nitrogens with zero attached hydrogens (tertiary/aromatic N) is 1. The molecule has 8 heteroatoms. The molecule has 0 unspecified atom stereocenters. The van der Waals surface area contributed by atoms with Gasteiger partial charge < -0.3 is 20.3 Å². The second-order valence-electron chi connectivity index (χ2n) is 8.03. The summed E-state index contributed by atoms with van der Waals surface area (Å²) in [5.74, 6) is -2.10. The number of carbonyl (C=O) groups is 2. The Balaban J connectivity index is 1.28. The summed E-state index contributed by atoms with van der Waals surface area (Å²) in [6, 6.07) is 19.6. The van der Waals surface area contributed by atoms with Crippen molar-refractivity contribution in [3.05, 3.63) is 95.6 Å². The minimum atomic E-state index is -0.743. The van der Waals surface area contributed by atoms with E-state index in [2.05, 4.69) is 10.6 Å². The fourth-order valence-electron chi connectivity index (χ4n) is 3.76. The highest BCUT2D eigenvalue weighted by atomic mass is 19.1. The van der Waals surface area contributed by atoms with Gasteiger partial charge >= 0.3 is 6.03 Å². The van der Waals surface area contributed by atoms with Crippen molar-refractivity contribution < 1.29 is 23.1 Å². The van der Waals surface area contributed by atoms with Gasteiger partial charge in [0.2, 0.25) is 0 Å². The summed E-state index contributed by atoms with van der Waals surface area (Å²) in [7, 11) is 0. The second-order valence-corrected chi connectivity index (χ2v) is 8.03. The van der Waals surface area contributed by atoms with Crippen LogP contribution in [0.1, 0.15) is 28.8 Å². The first-order valence-corrected chi connectivity index (χ1v) is 11.1. The number of nitrogens with one attached hydrogen (secondary N) is 2. The average Bonchev–Trinajstić information content (AvgIpc) is 2.86. The predicted octanol–water partition coefficient (Wildman–Crippen LogP) is 4.97. The number of amides is 3. The lowest BCUT2D eigenvalue weighted by molar-refractivity contribution is 0.0950. The van der Waals surface area contributed by atoms with E-state index in [0.717, 1.165) is 17.7 Å². The first-order valence-electron chi connectivity index (χ1n) is 11.1. The Morgan fingerprint density at radius 2 is 1.59 bits per heavy atom. The predicted molar refractivity (Wildman–Crippen MR) is 125 cm³/mol. The van der Waals surface area contributed by atoms with E-state index in [9.17, 15) is 18.4 Å². The van der Waals surface area contributed by atoms with Crippen molar-refractivity contribution in [2.45, 2.75) is 25.5 Å². The van der Waals surface area contributed by atoms with E-state index in [1.807, 2.05) is 30.3 Å². The summed E-state index contributed by atoms with van der Waals surface area (Å²) in [5.41, 5.74) is 1.93. The van der Waals surface area contributed by atoms with Crippen LogP contribution in [0.15, 0.2) is 72.8 Å². The molecule has 0 aromatic heterocycles. The van der Waals surface area contributed by atoms with Crippen molar-refractivity contribution in [1.82, 2.24) is 10.2 Å². The molecule has 1 fully saturated rings. The number of piperidine rings is 1. The van der Waals surface area contributed by atoms with Gasteiger partial charge in [0.1, 0.15) is 6.10 Å². The first kappa shape index (κ1) is 23.2. The monoisotopic (exact) mass is 465 g/mol. The van der Waals surface area contributed by atoms with Crippen LogP contribution in [0.3, 0.4) is 0 Å². The quantitative estimate of drug-likeness (QED) is 0.540. The fraction of sp³-hybridized carbons (Fsp3) is 0.231. The molecule has 1 saturated heterocycles. The van der Waals surface area contributed by atoms with Crippen LogP contribution < -0.4 is 15.4 Å². The maximum Gasteiger partial charge on any atom is 0.321 e. The van der Waals surface area contributed by atoms with E-state index in [4.69, 9.17) is 4.74 Å². The zero-order valence-corrected chi connectivity index (χ0v) is 18.5. The van der Waals surface area contributed by atoms with Gasteiger partial charge in [-0.3, -0.25) is 4.79 Å². The fourth-order valence-corrected chi connectivity index (χ4v) is 3.76. The number of anilines is 1. The Bertz CT molecular complexity index is 1130. The molecule has 1 aliphatic heterocycles. The zero-order chi connectivity index (χ0) is 23.9. The molecule has 1 aliphatic rings. The van der Waals surface area contributed by atoms with Crippen LogP contribution >= 0.6 is 0 Å². The summed E-state index contributed by atoms with van der Waals surface area (Å²) in [5, 5.41) is 5.67. The Kier molecular flexibility index (Phi) is 7.37. The van der Waals surface area contributed by atoms with Crippen molar-refractivity contribution in [2.24, 2.45) is 0 Å². The SMILES string of the molecule is O=C(NCc1ccccc1)c1cccc(NC(=O)N2CCC(Oc3c(F)cccc3F)CC2)c1. The highest BCUT2D eigenvalue weighted by Gasteiger charge is 2.25. The lowest BCUT2D eigenvalue weighted by Crippen LogP contribution is -2.43. The number of carbonyl (C=O) groups excluding carboxylic acids is 2. The molecule has 0 bridgehead atoms. The molecule has 1 heterocycles. The molecule has 4 rings (SSSR count). The molecule has 0 radical (unpaired) electrons. The molecule has 34 heavy (non-hydrogen) atoms. The number of rotatable bonds is 6. The molecule has 176 valence electrons. The summed E-state index contributed by atoms with van der Waals surface area (Å²) in [4.78, 5) is 26.8. The molecule has 3 aromatic rings. The number of urea groups is 1. The third kappa shape index (κ3) is 5.89. The number of benzene rings is 3. The Morgan fingerprint density at radius 3 is 2.29 bits per heavy atom. The summed E-state index contributed by atoms with van der Waals surface area (Å²) in [6.45, 7) is 1.16. The third-order valence-electron chi connectivity index (χ3n) is 5.60. The van der Waals surface area contributed by atoms with Crippen LogP contribution in [-0.4, -0.2) is 36.0 Å². The molecule has 3 amide bonds. The van der Waals surface area contributed by atoms with Gasteiger partial charge in [0.25, 0.3) is 5.91 Å². The average molecular weight is 466 g/mol. The Hall–Kier alpha value is -3.94. The number of hydrogen-bond acceptors (Lipinski definition) is 3. The summed E-state index contributed by atoms with van der Waals surface area (Å²) < 4.78 is 33.1. The second kappa shape index (κ2) is 10.8. The largest absolute Gasteiger partial charge is 0.484 e. The molecule has 6 nitrogen and oxygen atoms in total. The highest BCUT2D eigenvalue weighted by Crippen LogP contribution is 2.25. The number of ether oxygens (including phenoxy) is 1. The van der Waals surface area contributed by atoms with Crippen LogP contribution in [0.25, 0.3) is 0 Å². The number of hydrogen-bond donors (Lipinski definition) is 2. The Morgan fingerprint density at radius 1 is 0.912 bits per heavy atom. The minimum Gasteiger partial charge on any atom is -0.484 e. The maximum atomic E-state index is 13.8. The smallest absolute Gasteiger partial charge is 0.321 e. The summed E-state index contributed by atoms with van der Waals surface area (Å²) in [6.07, 6.45) is 0.513. The molecule has 0 aliphatic carbocycles. The molecule has 0 atom stereocenters. The van der Waals surface area contributed by atoms with Crippen LogP contribution in [0.2, 0.25) is 0 Å². The molecular formula is C26H25F2N3O3. The van der Waals surface area contributed by atoms with Crippen molar-refractivity contribution in [3.8, 4) is 5.75 Å².